The molecule has 7 nitrogen and oxygen atoms in total. The first-order valence-corrected chi connectivity index (χ1v) is 11.1. The lowest BCUT2D eigenvalue weighted by Gasteiger charge is -2.06. The van der Waals surface area contributed by atoms with E-state index in [4.69, 9.17) is 0 Å². The van der Waals surface area contributed by atoms with Crippen molar-refractivity contribution in [2.75, 3.05) is 5.32 Å². The third kappa shape index (κ3) is 5.05. The van der Waals surface area contributed by atoms with Crippen LogP contribution in [-0.2, 0) is 17.8 Å². The summed E-state index contributed by atoms with van der Waals surface area (Å²) in [5.41, 5.74) is 1.74. The summed E-state index contributed by atoms with van der Waals surface area (Å²) in [5, 5.41) is 7.53. The number of anilines is 1. The molecule has 2 heterocycles. The van der Waals surface area contributed by atoms with E-state index in [0.29, 0.717) is 21.3 Å². The van der Waals surface area contributed by atoms with Crippen LogP contribution < -0.4 is 11.0 Å². The number of amides is 1. The average molecular weight is 452 g/mol. The molecule has 2 aromatic heterocycles. The van der Waals surface area contributed by atoms with Crippen LogP contribution in [0, 0.1) is 5.82 Å². The van der Waals surface area contributed by atoms with Crippen molar-refractivity contribution in [2.45, 2.75) is 42.7 Å². The molecule has 2 aromatic carbocycles. The lowest BCUT2D eigenvalue weighted by Crippen LogP contribution is -2.28. The van der Waals surface area contributed by atoms with Gasteiger partial charge in [0.1, 0.15) is 17.4 Å². The maximum absolute atomic E-state index is 13.5. The third-order valence-corrected chi connectivity index (χ3v) is 5.80. The topological polar surface area (TPSA) is 81.3 Å². The van der Waals surface area contributed by atoms with Gasteiger partial charge in [0.05, 0.1) is 0 Å². The van der Waals surface area contributed by atoms with Crippen LogP contribution in [-0.4, -0.2) is 25.1 Å². The lowest BCUT2D eigenvalue weighted by atomic mass is 10.1. The molecule has 4 aromatic rings. The Labute approximate surface area is 188 Å². The molecule has 0 radical (unpaired) electrons. The molecule has 0 fully saturated rings. The Morgan fingerprint density at radius 3 is 2.75 bits per heavy atom. The van der Waals surface area contributed by atoms with Gasteiger partial charge in [-0.3, -0.25) is 4.79 Å². The number of fused-ring (bicyclic) bond motifs is 1. The highest BCUT2D eigenvalue weighted by atomic mass is 32.2. The van der Waals surface area contributed by atoms with E-state index in [1.165, 1.54) is 46.3 Å². The SMILES string of the molecule is CCCCc1ccc(NC(=O)Cn2nc3c(Sc4cccc(F)c4)nccn3c2=O)cc1. The van der Waals surface area contributed by atoms with Gasteiger partial charge in [0, 0.05) is 23.0 Å². The normalized spacial score (nSPS) is 11.1. The van der Waals surface area contributed by atoms with Crippen molar-refractivity contribution in [2.24, 2.45) is 0 Å². The maximum Gasteiger partial charge on any atom is 0.350 e. The number of nitrogens with zero attached hydrogens (tertiary/aromatic N) is 4. The van der Waals surface area contributed by atoms with Crippen LogP contribution in [0.1, 0.15) is 25.3 Å². The number of aryl methyl sites for hydroxylation is 1. The third-order valence-electron chi connectivity index (χ3n) is 4.83. The van der Waals surface area contributed by atoms with Crippen LogP contribution in [0.5, 0.6) is 0 Å². The molecule has 32 heavy (non-hydrogen) atoms. The first-order chi connectivity index (χ1) is 15.5. The Kier molecular flexibility index (Phi) is 6.65. The van der Waals surface area contributed by atoms with Crippen molar-refractivity contribution in [3.05, 3.63) is 82.8 Å². The predicted octanol–water partition coefficient (Wildman–Crippen LogP) is 4.16. The van der Waals surface area contributed by atoms with Crippen LogP contribution in [0.4, 0.5) is 10.1 Å². The van der Waals surface area contributed by atoms with Gasteiger partial charge >= 0.3 is 5.69 Å². The monoisotopic (exact) mass is 451 g/mol. The van der Waals surface area contributed by atoms with Crippen molar-refractivity contribution in [1.29, 1.82) is 0 Å². The highest BCUT2D eigenvalue weighted by Gasteiger charge is 2.15. The summed E-state index contributed by atoms with van der Waals surface area (Å²) in [5.74, 6) is -0.718. The molecule has 0 unspecified atom stereocenters. The van der Waals surface area contributed by atoms with Gasteiger partial charge < -0.3 is 5.32 Å². The summed E-state index contributed by atoms with van der Waals surface area (Å²) < 4.78 is 15.9. The summed E-state index contributed by atoms with van der Waals surface area (Å²) in [4.78, 5) is 30.1. The van der Waals surface area contributed by atoms with Gasteiger partial charge in [-0.2, -0.15) is 0 Å². The van der Waals surface area contributed by atoms with Gasteiger partial charge in [0.25, 0.3) is 0 Å². The number of unbranched alkanes of at least 4 members (excludes halogenated alkanes) is 1. The van der Waals surface area contributed by atoms with Crippen LogP contribution >= 0.6 is 11.8 Å². The van der Waals surface area contributed by atoms with E-state index in [0.717, 1.165) is 23.9 Å². The minimum atomic E-state index is -0.450. The minimum absolute atomic E-state index is 0.234. The molecule has 1 amide bonds. The van der Waals surface area contributed by atoms with Crippen molar-refractivity contribution in [3.8, 4) is 0 Å². The van der Waals surface area contributed by atoms with Crippen molar-refractivity contribution in [3.63, 3.8) is 0 Å². The average Bonchev–Trinajstić information content (AvgIpc) is 3.09. The molecule has 0 aliphatic heterocycles. The predicted molar refractivity (Wildman–Crippen MR) is 121 cm³/mol. The van der Waals surface area contributed by atoms with Crippen LogP contribution in [0.3, 0.4) is 0 Å². The van der Waals surface area contributed by atoms with Crippen molar-refractivity contribution in [1.82, 2.24) is 19.2 Å². The van der Waals surface area contributed by atoms with Crippen LogP contribution in [0.15, 0.2) is 75.6 Å². The largest absolute Gasteiger partial charge is 0.350 e. The Hall–Kier alpha value is -3.46. The molecule has 0 saturated carbocycles. The Bertz CT molecular complexity index is 1300. The maximum atomic E-state index is 13.5. The van der Waals surface area contributed by atoms with E-state index in [2.05, 4.69) is 22.3 Å². The van der Waals surface area contributed by atoms with E-state index in [-0.39, 0.29) is 18.3 Å². The van der Waals surface area contributed by atoms with Gasteiger partial charge in [-0.25, -0.2) is 23.3 Å². The smallest absolute Gasteiger partial charge is 0.324 e. The zero-order valence-electron chi connectivity index (χ0n) is 17.5. The summed E-state index contributed by atoms with van der Waals surface area (Å²) in [6, 6.07) is 13.8. The second-order valence-electron chi connectivity index (χ2n) is 7.27. The molecule has 0 saturated heterocycles. The lowest BCUT2D eigenvalue weighted by molar-refractivity contribution is -0.117. The van der Waals surface area contributed by atoms with Crippen LogP contribution in [0.2, 0.25) is 0 Å². The molecule has 4 rings (SSSR count). The molecule has 0 atom stereocenters. The molecule has 0 aliphatic carbocycles. The Morgan fingerprint density at radius 1 is 1.19 bits per heavy atom. The first kappa shape index (κ1) is 21.8. The van der Waals surface area contributed by atoms with E-state index >= 15 is 0 Å². The fraction of sp³-hybridized carbons (Fsp3) is 0.217. The number of nitrogens with one attached hydrogen (secondary N) is 1. The summed E-state index contributed by atoms with van der Waals surface area (Å²) in [6.45, 7) is 1.91. The zero-order chi connectivity index (χ0) is 22.5. The quantitative estimate of drug-likeness (QED) is 0.435. The Balaban J connectivity index is 1.50. The number of carbonyl (C=O) groups excluding carboxylic acids is 1. The number of benzene rings is 2. The van der Waals surface area contributed by atoms with Crippen LogP contribution in [0.25, 0.3) is 5.65 Å². The van der Waals surface area contributed by atoms with E-state index in [1.54, 1.807) is 12.1 Å². The molecule has 0 bridgehead atoms. The van der Waals surface area contributed by atoms with Gasteiger partial charge in [-0.1, -0.05) is 43.3 Å². The number of rotatable bonds is 8. The fourth-order valence-electron chi connectivity index (χ4n) is 3.22. The summed E-state index contributed by atoms with van der Waals surface area (Å²) >= 11 is 1.19. The molecule has 1 N–H and O–H groups in total. The highest BCUT2D eigenvalue weighted by Crippen LogP contribution is 2.28. The number of hydrogen-bond acceptors (Lipinski definition) is 5. The van der Waals surface area contributed by atoms with Gasteiger partial charge in [0.15, 0.2) is 5.65 Å². The second-order valence-corrected chi connectivity index (χ2v) is 8.34. The summed E-state index contributed by atoms with van der Waals surface area (Å²) in [6.07, 6.45) is 6.22. The van der Waals surface area contributed by atoms with Crippen molar-refractivity contribution >= 4 is 29.0 Å². The summed E-state index contributed by atoms with van der Waals surface area (Å²) in [7, 11) is 0. The van der Waals surface area contributed by atoms with Gasteiger partial charge in [-0.05, 0) is 48.7 Å². The number of aromatic nitrogens is 4. The van der Waals surface area contributed by atoms with Gasteiger partial charge in [-0.15, -0.1) is 5.10 Å². The zero-order valence-corrected chi connectivity index (χ0v) is 18.3. The number of hydrogen-bond donors (Lipinski definition) is 1. The van der Waals surface area contributed by atoms with E-state index in [1.807, 2.05) is 24.3 Å². The molecule has 9 heteroatoms. The minimum Gasteiger partial charge on any atom is -0.324 e. The molecule has 0 aliphatic rings. The molecule has 164 valence electrons. The van der Waals surface area contributed by atoms with Gasteiger partial charge in [0.2, 0.25) is 5.91 Å². The molecular formula is C23H22FN5O2S. The molecular weight excluding hydrogens is 429 g/mol. The highest BCUT2D eigenvalue weighted by molar-refractivity contribution is 7.99. The van der Waals surface area contributed by atoms with E-state index < -0.39 is 5.69 Å². The standard InChI is InChI=1S/C23H22FN5O2S/c1-2-3-5-16-8-10-18(11-9-16)26-20(30)15-29-23(31)28-13-12-25-22(21(28)27-29)32-19-7-4-6-17(24)14-19/h4,6-14H,2-3,5,15H2,1H3,(H,26,30). The first-order valence-electron chi connectivity index (χ1n) is 10.3. The fourth-order valence-corrected chi connectivity index (χ4v) is 4.10. The second kappa shape index (κ2) is 9.78. The number of halogens is 1. The van der Waals surface area contributed by atoms with E-state index in [9.17, 15) is 14.0 Å². The Morgan fingerprint density at radius 2 is 2.00 bits per heavy atom. The molecule has 0 spiro atoms. The number of carbonyl (C=O) groups is 1. The van der Waals surface area contributed by atoms with Crippen molar-refractivity contribution < 1.29 is 9.18 Å².